The molecule has 27 heavy (non-hydrogen) atoms. The lowest BCUT2D eigenvalue weighted by atomic mass is 9.97. The molecule has 0 fully saturated rings. The molecule has 0 aromatic heterocycles. The van der Waals surface area contributed by atoms with Gasteiger partial charge in [-0.2, -0.15) is 5.26 Å². The molecule has 6 heteroatoms. The summed E-state index contributed by atoms with van der Waals surface area (Å²) in [4.78, 5) is 13.9. The van der Waals surface area contributed by atoms with Crippen molar-refractivity contribution in [1.29, 1.82) is 10.7 Å². The number of carbonyl (C=O) groups is 1. The number of amidine groups is 1. The fourth-order valence-corrected chi connectivity index (χ4v) is 2.78. The normalized spacial score (nSPS) is 15.9. The summed E-state index contributed by atoms with van der Waals surface area (Å²) in [6.45, 7) is 2.48. The Morgan fingerprint density at radius 2 is 1.85 bits per heavy atom. The van der Waals surface area contributed by atoms with E-state index >= 15 is 0 Å². The Labute approximate surface area is 157 Å². The van der Waals surface area contributed by atoms with Crippen molar-refractivity contribution >= 4 is 23.5 Å². The van der Waals surface area contributed by atoms with Gasteiger partial charge in [0.05, 0.1) is 18.0 Å². The first kappa shape index (κ1) is 18.0. The molecule has 0 saturated carbocycles. The quantitative estimate of drug-likeness (QED) is 0.875. The number of ether oxygens (including phenoxy) is 1. The molecule has 0 atom stereocenters. The number of nitrogens with one attached hydrogen (secondary N) is 1. The number of rotatable bonds is 4. The molecule has 0 bridgehead atoms. The number of nitrogens with two attached hydrogens (primary N) is 1. The third-order valence-electron chi connectivity index (χ3n) is 4.08. The molecule has 1 aliphatic heterocycles. The minimum atomic E-state index is -0.602. The Kier molecular flexibility index (Phi) is 5.04. The first-order chi connectivity index (χ1) is 13.1. The summed E-state index contributed by atoms with van der Waals surface area (Å²) < 4.78 is 5.42. The first-order valence-corrected chi connectivity index (χ1v) is 8.40. The first-order valence-electron chi connectivity index (χ1n) is 8.40. The molecular formula is C21H18N4O2. The van der Waals surface area contributed by atoms with Gasteiger partial charge >= 0.3 is 0 Å². The molecule has 2 aromatic rings. The van der Waals surface area contributed by atoms with Crippen molar-refractivity contribution in [3.05, 3.63) is 77.0 Å². The number of carbonyl (C=O) groups excluding carboxylic acids is 1. The second-order valence-corrected chi connectivity index (χ2v) is 5.79. The molecule has 1 aliphatic rings. The highest BCUT2D eigenvalue weighted by Crippen LogP contribution is 2.29. The summed E-state index contributed by atoms with van der Waals surface area (Å²) in [6, 6.07) is 17.9. The van der Waals surface area contributed by atoms with Crippen LogP contribution in [-0.4, -0.2) is 18.3 Å². The van der Waals surface area contributed by atoms with Gasteiger partial charge in [0.2, 0.25) is 0 Å². The Bertz CT molecular complexity index is 983. The second kappa shape index (κ2) is 7.58. The number of hydrogen-bond acceptors (Lipinski definition) is 5. The number of anilines is 1. The Morgan fingerprint density at radius 3 is 2.44 bits per heavy atom. The zero-order chi connectivity index (χ0) is 19.4. The van der Waals surface area contributed by atoms with Gasteiger partial charge in [0.25, 0.3) is 5.91 Å². The predicted octanol–water partition coefficient (Wildman–Crippen LogP) is 3.23. The van der Waals surface area contributed by atoms with Gasteiger partial charge in [-0.05, 0) is 42.8 Å². The SMILES string of the molecule is CCOc1ccc(C=C2C(=N)N(c3ccccc3)C(=O)C(C#N)=C2N)cc1. The van der Waals surface area contributed by atoms with Crippen molar-refractivity contribution in [2.45, 2.75) is 6.92 Å². The maximum absolute atomic E-state index is 12.7. The summed E-state index contributed by atoms with van der Waals surface area (Å²) in [5.41, 5.74) is 7.49. The molecule has 0 saturated heterocycles. The molecule has 3 N–H and O–H groups in total. The zero-order valence-electron chi connectivity index (χ0n) is 14.8. The van der Waals surface area contributed by atoms with Crippen molar-refractivity contribution in [1.82, 2.24) is 0 Å². The Morgan fingerprint density at radius 1 is 1.19 bits per heavy atom. The van der Waals surface area contributed by atoms with Gasteiger partial charge in [-0.1, -0.05) is 30.3 Å². The van der Waals surface area contributed by atoms with E-state index in [-0.39, 0.29) is 17.1 Å². The minimum Gasteiger partial charge on any atom is -0.494 e. The second-order valence-electron chi connectivity index (χ2n) is 5.79. The molecule has 1 heterocycles. The molecule has 0 spiro atoms. The minimum absolute atomic E-state index is 0.00793. The maximum atomic E-state index is 12.7. The molecule has 0 unspecified atom stereocenters. The molecule has 0 aliphatic carbocycles. The van der Waals surface area contributed by atoms with E-state index < -0.39 is 5.91 Å². The summed E-state index contributed by atoms with van der Waals surface area (Å²) in [6.07, 6.45) is 1.69. The predicted molar refractivity (Wildman–Crippen MR) is 104 cm³/mol. The van der Waals surface area contributed by atoms with Crippen molar-refractivity contribution in [2.75, 3.05) is 11.5 Å². The molecule has 6 nitrogen and oxygen atoms in total. The van der Waals surface area contributed by atoms with E-state index in [1.54, 1.807) is 30.3 Å². The fraction of sp³-hybridized carbons (Fsp3) is 0.0952. The summed E-state index contributed by atoms with van der Waals surface area (Å²) >= 11 is 0. The third-order valence-corrected chi connectivity index (χ3v) is 4.08. The van der Waals surface area contributed by atoms with Crippen LogP contribution in [0, 0.1) is 16.7 Å². The molecule has 2 aromatic carbocycles. The largest absolute Gasteiger partial charge is 0.494 e. The van der Waals surface area contributed by atoms with Crippen LogP contribution < -0.4 is 15.4 Å². The molecule has 134 valence electrons. The van der Waals surface area contributed by atoms with Crippen molar-refractivity contribution < 1.29 is 9.53 Å². The van der Waals surface area contributed by atoms with E-state index in [9.17, 15) is 10.1 Å². The summed E-state index contributed by atoms with van der Waals surface area (Å²) in [5.74, 6) is 0.0623. The van der Waals surface area contributed by atoms with Crippen molar-refractivity contribution in [3.63, 3.8) is 0 Å². The number of benzene rings is 2. The monoisotopic (exact) mass is 358 g/mol. The molecule has 0 radical (unpaired) electrons. The van der Waals surface area contributed by atoms with Crippen LogP contribution in [0.5, 0.6) is 5.75 Å². The Hall–Kier alpha value is -3.85. The van der Waals surface area contributed by atoms with Gasteiger partial charge in [0.15, 0.2) is 0 Å². The van der Waals surface area contributed by atoms with E-state index in [4.69, 9.17) is 15.9 Å². The number of nitrogens with zero attached hydrogens (tertiary/aromatic N) is 2. The van der Waals surface area contributed by atoms with E-state index in [1.165, 1.54) is 4.90 Å². The average Bonchev–Trinajstić information content (AvgIpc) is 2.68. The highest BCUT2D eigenvalue weighted by Gasteiger charge is 2.34. The van der Waals surface area contributed by atoms with Crippen molar-refractivity contribution in [3.8, 4) is 11.8 Å². The van der Waals surface area contributed by atoms with Gasteiger partial charge in [-0.15, -0.1) is 0 Å². The average molecular weight is 358 g/mol. The van der Waals surface area contributed by atoms with Crippen molar-refractivity contribution in [2.24, 2.45) is 5.73 Å². The van der Waals surface area contributed by atoms with Crippen LogP contribution in [-0.2, 0) is 4.79 Å². The maximum Gasteiger partial charge on any atom is 0.276 e. The Balaban J connectivity index is 2.07. The number of para-hydroxylation sites is 1. The molecular weight excluding hydrogens is 340 g/mol. The van der Waals surface area contributed by atoms with Gasteiger partial charge in [0, 0.05) is 5.57 Å². The van der Waals surface area contributed by atoms with Crippen LogP contribution in [0.1, 0.15) is 12.5 Å². The number of amides is 1. The standard InChI is InChI=1S/C21H18N4O2/c1-2-27-16-10-8-14(9-11-16)12-17-19(23)18(13-22)21(26)25(20(17)24)15-6-4-3-5-7-15/h3-12,24H,2,23H2,1H3. The van der Waals surface area contributed by atoms with E-state index in [0.717, 1.165) is 11.3 Å². The fourth-order valence-electron chi connectivity index (χ4n) is 2.78. The smallest absolute Gasteiger partial charge is 0.276 e. The highest BCUT2D eigenvalue weighted by atomic mass is 16.5. The van der Waals surface area contributed by atoms with Gasteiger partial charge in [-0.3, -0.25) is 15.1 Å². The lowest BCUT2D eigenvalue weighted by molar-refractivity contribution is -0.114. The molecule has 3 rings (SSSR count). The third kappa shape index (κ3) is 3.44. The van der Waals surface area contributed by atoms with Crippen LogP contribution >= 0.6 is 0 Å². The number of nitriles is 1. The van der Waals surface area contributed by atoms with Gasteiger partial charge in [-0.25, -0.2) is 0 Å². The van der Waals surface area contributed by atoms with Crippen LogP contribution in [0.3, 0.4) is 0 Å². The highest BCUT2D eigenvalue weighted by molar-refractivity contribution is 6.33. The molecule has 1 amide bonds. The zero-order valence-corrected chi connectivity index (χ0v) is 14.8. The lowest BCUT2D eigenvalue weighted by Crippen LogP contribution is -2.44. The van der Waals surface area contributed by atoms with Gasteiger partial charge < -0.3 is 10.5 Å². The van der Waals surface area contributed by atoms with E-state index in [0.29, 0.717) is 17.9 Å². The van der Waals surface area contributed by atoms with Crippen LogP contribution in [0.15, 0.2) is 71.4 Å². The van der Waals surface area contributed by atoms with E-state index in [1.807, 2.05) is 43.3 Å². The number of hydrogen-bond donors (Lipinski definition) is 2. The summed E-state index contributed by atoms with van der Waals surface area (Å²) in [7, 11) is 0. The van der Waals surface area contributed by atoms with Crippen LogP contribution in [0.2, 0.25) is 0 Å². The lowest BCUT2D eigenvalue weighted by Gasteiger charge is -2.29. The van der Waals surface area contributed by atoms with Gasteiger partial charge in [0.1, 0.15) is 23.2 Å². The van der Waals surface area contributed by atoms with E-state index in [2.05, 4.69) is 0 Å². The topological polar surface area (TPSA) is 103 Å². The van der Waals surface area contributed by atoms with Crippen LogP contribution in [0.25, 0.3) is 6.08 Å². The van der Waals surface area contributed by atoms with Crippen LogP contribution in [0.4, 0.5) is 5.69 Å². The summed E-state index contributed by atoms with van der Waals surface area (Å²) in [5, 5.41) is 17.9.